The molecule has 0 aliphatic carbocycles. The Kier molecular flexibility index (Phi) is 10.0. The summed E-state index contributed by atoms with van der Waals surface area (Å²) >= 11 is 0. The van der Waals surface area contributed by atoms with E-state index >= 15 is 0 Å². The molecule has 2 saturated heterocycles. The molecule has 4 aliphatic rings. The minimum atomic E-state index is -0.785. The van der Waals surface area contributed by atoms with Crippen molar-refractivity contribution in [3.8, 4) is 45.1 Å². The standard InChI is InChI=1S/C48H46N8O6/c1-27(57)51-43(29-11-5-3-6-12-29)47(59)55-17-9-15-37(55)45-49-23-35(53-45)31-19-33-25-62-40-22-32(20-34-26-61-39(21-31)41(33)42(34)40)36-24-50-46(54-36)38-16-10-18-56(38)48(60)44(52-28(2)58)30-13-7-4-8-14-30/h3-8,11-14,19-24,37-38,43-44H,9-10,15-18,25-26H2,1-2H3,(H,49,53)(H,50,54)(H,51,57)(H,52,58)/t37-,38-,43+,44+/m0/s1. The van der Waals surface area contributed by atoms with Crippen molar-refractivity contribution >= 4 is 23.6 Å². The van der Waals surface area contributed by atoms with Gasteiger partial charge in [0.1, 0.15) is 48.4 Å². The van der Waals surface area contributed by atoms with Gasteiger partial charge < -0.3 is 39.9 Å². The van der Waals surface area contributed by atoms with Gasteiger partial charge in [-0.1, -0.05) is 60.7 Å². The molecule has 4 N–H and O–H groups in total. The lowest BCUT2D eigenvalue weighted by atomic mass is 9.87. The van der Waals surface area contributed by atoms with Crippen LogP contribution < -0.4 is 20.1 Å². The molecule has 0 saturated carbocycles. The molecule has 14 nitrogen and oxygen atoms in total. The first kappa shape index (κ1) is 38.9. The van der Waals surface area contributed by atoms with Gasteiger partial charge in [0.05, 0.1) is 35.9 Å². The maximum absolute atomic E-state index is 14.0. The zero-order valence-electron chi connectivity index (χ0n) is 34.4. The van der Waals surface area contributed by atoms with Crippen molar-refractivity contribution in [3.63, 3.8) is 0 Å². The van der Waals surface area contributed by atoms with Crippen LogP contribution in [0.15, 0.2) is 97.3 Å². The van der Waals surface area contributed by atoms with Crippen LogP contribution in [-0.4, -0.2) is 66.5 Å². The fourth-order valence-electron chi connectivity index (χ4n) is 9.53. The Morgan fingerprint density at radius 2 is 1.05 bits per heavy atom. The van der Waals surface area contributed by atoms with Crippen LogP contribution in [0, 0.1) is 0 Å². The van der Waals surface area contributed by atoms with E-state index in [1.54, 1.807) is 12.4 Å². The van der Waals surface area contributed by atoms with Crippen LogP contribution in [0.3, 0.4) is 0 Å². The van der Waals surface area contributed by atoms with Gasteiger partial charge in [-0.3, -0.25) is 19.2 Å². The lowest BCUT2D eigenvalue weighted by molar-refractivity contribution is -0.137. The van der Waals surface area contributed by atoms with Crippen LogP contribution in [0.25, 0.3) is 33.6 Å². The van der Waals surface area contributed by atoms with Gasteiger partial charge >= 0.3 is 0 Å². The maximum Gasteiger partial charge on any atom is 0.250 e. The molecule has 6 aromatic rings. The number of hydrogen-bond donors (Lipinski definition) is 4. The fourth-order valence-corrected chi connectivity index (χ4v) is 9.53. The van der Waals surface area contributed by atoms with Gasteiger partial charge in [-0.2, -0.15) is 0 Å². The third kappa shape index (κ3) is 7.14. The van der Waals surface area contributed by atoms with Crippen LogP contribution in [0.4, 0.5) is 0 Å². The highest BCUT2D eigenvalue weighted by molar-refractivity contribution is 5.90. The normalized spacial score (nSPS) is 18.3. The number of H-pyrrole nitrogens is 2. The largest absolute Gasteiger partial charge is 0.488 e. The van der Waals surface area contributed by atoms with E-state index in [0.29, 0.717) is 38.0 Å². The van der Waals surface area contributed by atoms with Crippen molar-refractivity contribution in [3.05, 3.63) is 131 Å². The first-order valence-corrected chi connectivity index (χ1v) is 21.2. The molecule has 314 valence electrons. The highest BCUT2D eigenvalue weighted by Crippen LogP contribution is 2.51. The van der Waals surface area contributed by atoms with Gasteiger partial charge in [0.15, 0.2) is 0 Å². The SMILES string of the molecule is CC(=O)N[C@@H](C(=O)N1CCC[C@H]1c1ncc(-c2cc3c4c(c2)OCc2cc(-c5cnc([C@@H]6CCCN6C(=O)[C@H](NC(C)=O)c6ccccc6)[nH]5)cc(c2-4)OC3)[nH]1)c1ccccc1. The van der Waals surface area contributed by atoms with Gasteiger partial charge in [-0.15, -0.1) is 0 Å². The monoisotopic (exact) mass is 830 g/mol. The number of ether oxygens (including phenoxy) is 2. The predicted molar refractivity (Wildman–Crippen MR) is 229 cm³/mol. The molecule has 4 aromatic carbocycles. The van der Waals surface area contributed by atoms with Gasteiger partial charge in [0.25, 0.3) is 0 Å². The van der Waals surface area contributed by atoms with Crippen LogP contribution in [-0.2, 0) is 32.4 Å². The summed E-state index contributed by atoms with van der Waals surface area (Å²) in [6.45, 7) is 4.67. The van der Waals surface area contributed by atoms with E-state index in [1.165, 1.54) is 13.8 Å². The molecule has 2 fully saturated rings. The lowest BCUT2D eigenvalue weighted by Crippen LogP contribution is -2.42. The molecule has 4 atom stereocenters. The Hall–Kier alpha value is -7.22. The number of aromatic nitrogens is 4. The smallest absolute Gasteiger partial charge is 0.250 e. The summed E-state index contributed by atoms with van der Waals surface area (Å²) in [5.41, 5.74) is 8.90. The molecule has 14 heteroatoms. The number of nitrogens with one attached hydrogen (secondary N) is 4. The minimum absolute atomic E-state index is 0.161. The number of benzene rings is 4. The number of carbonyl (C=O) groups is 4. The average Bonchev–Trinajstić information content (AvgIpc) is 4.14. The Bertz CT molecular complexity index is 2480. The highest BCUT2D eigenvalue weighted by atomic mass is 16.5. The second kappa shape index (κ2) is 16.0. The second-order valence-corrected chi connectivity index (χ2v) is 16.4. The zero-order chi connectivity index (χ0) is 42.5. The molecule has 62 heavy (non-hydrogen) atoms. The third-order valence-corrected chi connectivity index (χ3v) is 12.4. The molecular formula is C48H46N8O6. The van der Waals surface area contributed by atoms with Gasteiger partial charge in [-0.05, 0) is 61.1 Å². The zero-order valence-corrected chi connectivity index (χ0v) is 34.4. The van der Waals surface area contributed by atoms with E-state index in [2.05, 4.69) is 32.7 Å². The van der Waals surface area contributed by atoms with Crippen molar-refractivity contribution in [1.29, 1.82) is 0 Å². The van der Waals surface area contributed by atoms with Crippen LogP contribution in [0.2, 0.25) is 0 Å². The van der Waals surface area contributed by atoms with Crippen molar-refractivity contribution in [2.45, 2.75) is 76.9 Å². The van der Waals surface area contributed by atoms with Gasteiger partial charge in [0.2, 0.25) is 23.6 Å². The third-order valence-electron chi connectivity index (χ3n) is 12.4. The topological polar surface area (TPSA) is 175 Å². The number of imidazole rings is 2. The van der Waals surface area contributed by atoms with E-state index in [-0.39, 0.29) is 35.7 Å². The Morgan fingerprint density at radius 1 is 0.629 bits per heavy atom. The van der Waals surface area contributed by atoms with Gasteiger partial charge in [-0.25, -0.2) is 9.97 Å². The molecule has 6 heterocycles. The Morgan fingerprint density at radius 3 is 1.45 bits per heavy atom. The van der Waals surface area contributed by atoms with E-state index in [1.807, 2.05) is 82.6 Å². The summed E-state index contributed by atoms with van der Waals surface area (Å²) in [6.07, 6.45) is 6.75. The van der Waals surface area contributed by atoms with E-state index in [9.17, 15) is 19.2 Å². The van der Waals surface area contributed by atoms with E-state index in [0.717, 1.165) is 93.1 Å². The average molecular weight is 831 g/mol. The molecule has 0 spiro atoms. The number of nitrogens with zero attached hydrogens (tertiary/aromatic N) is 4. The Balaban J connectivity index is 0.883. The van der Waals surface area contributed by atoms with Crippen molar-refractivity contribution in [1.82, 2.24) is 40.4 Å². The molecule has 0 unspecified atom stereocenters. The van der Waals surface area contributed by atoms with Crippen molar-refractivity contribution in [2.24, 2.45) is 0 Å². The fraction of sp³-hybridized carbons (Fsp3) is 0.292. The first-order valence-electron chi connectivity index (χ1n) is 21.2. The number of rotatable bonds is 10. The Labute approximate surface area is 358 Å². The first-order chi connectivity index (χ1) is 30.2. The van der Waals surface area contributed by atoms with Crippen LogP contribution in [0.5, 0.6) is 11.5 Å². The quantitative estimate of drug-likeness (QED) is 0.114. The summed E-state index contributed by atoms with van der Waals surface area (Å²) in [7, 11) is 0. The van der Waals surface area contributed by atoms with Crippen molar-refractivity contribution in [2.75, 3.05) is 13.1 Å². The summed E-state index contributed by atoms with van der Waals surface area (Å²) in [5, 5.41) is 5.71. The molecule has 2 aromatic heterocycles. The summed E-state index contributed by atoms with van der Waals surface area (Å²) in [6, 6.07) is 24.8. The maximum atomic E-state index is 14.0. The lowest BCUT2D eigenvalue weighted by Gasteiger charge is -2.30. The minimum Gasteiger partial charge on any atom is -0.488 e. The molecule has 0 bridgehead atoms. The highest BCUT2D eigenvalue weighted by Gasteiger charge is 2.39. The van der Waals surface area contributed by atoms with Crippen molar-refractivity contribution < 1.29 is 28.7 Å². The van der Waals surface area contributed by atoms with E-state index in [4.69, 9.17) is 19.4 Å². The number of hydrogen-bond acceptors (Lipinski definition) is 8. The predicted octanol–water partition coefficient (Wildman–Crippen LogP) is 7.00. The molecule has 4 amide bonds. The second-order valence-electron chi connectivity index (χ2n) is 16.4. The number of likely N-dealkylation sites (tertiary alicyclic amines) is 2. The van der Waals surface area contributed by atoms with Crippen LogP contribution >= 0.6 is 0 Å². The number of carbonyl (C=O) groups excluding carboxylic acids is 4. The molecular weight excluding hydrogens is 785 g/mol. The number of amides is 4. The molecule has 4 aliphatic heterocycles. The molecule has 10 rings (SSSR count). The molecule has 0 radical (unpaired) electrons. The van der Waals surface area contributed by atoms with Crippen LogP contribution in [0.1, 0.15) is 97.6 Å². The summed E-state index contributed by atoms with van der Waals surface area (Å²) < 4.78 is 12.9. The number of aromatic amines is 2. The van der Waals surface area contributed by atoms with Gasteiger partial charge in [0, 0.05) is 60.3 Å². The summed E-state index contributed by atoms with van der Waals surface area (Å²) in [5.74, 6) is 2.05. The summed E-state index contributed by atoms with van der Waals surface area (Å²) in [4.78, 5) is 72.5. The van der Waals surface area contributed by atoms with E-state index < -0.39 is 12.1 Å².